The average molecular weight is 355 g/mol. The summed E-state index contributed by atoms with van der Waals surface area (Å²) < 4.78 is 11.9. The second kappa shape index (κ2) is 6.67. The Labute approximate surface area is 149 Å². The molecule has 0 atom stereocenters. The molecule has 0 spiro atoms. The Morgan fingerprint density at radius 3 is 2.46 bits per heavy atom. The van der Waals surface area contributed by atoms with Crippen LogP contribution in [0, 0.1) is 0 Å². The van der Waals surface area contributed by atoms with Gasteiger partial charge in [0, 0.05) is 17.7 Å². The van der Waals surface area contributed by atoms with Crippen LogP contribution in [0.25, 0.3) is 16.9 Å². The molecular formula is C18H17N3O5. The number of primary amides is 1. The van der Waals surface area contributed by atoms with Crippen LogP contribution < -0.4 is 15.2 Å². The minimum Gasteiger partial charge on any atom is -0.508 e. The van der Waals surface area contributed by atoms with Crippen LogP contribution in [0.1, 0.15) is 10.5 Å². The predicted molar refractivity (Wildman–Crippen MR) is 94.0 cm³/mol. The number of methoxy groups -OCH3 is 2. The molecule has 8 nitrogen and oxygen atoms in total. The Morgan fingerprint density at radius 2 is 1.85 bits per heavy atom. The number of nitrogens with zero attached hydrogens (tertiary/aromatic N) is 2. The fourth-order valence-corrected chi connectivity index (χ4v) is 2.57. The van der Waals surface area contributed by atoms with Crippen molar-refractivity contribution in [3.8, 4) is 39.9 Å². The summed E-state index contributed by atoms with van der Waals surface area (Å²) in [4.78, 5) is 11.9. The van der Waals surface area contributed by atoms with Crippen LogP contribution in [0.3, 0.4) is 0 Å². The molecule has 26 heavy (non-hydrogen) atoms. The van der Waals surface area contributed by atoms with Crippen molar-refractivity contribution in [1.82, 2.24) is 9.78 Å². The summed E-state index contributed by atoms with van der Waals surface area (Å²) in [5, 5.41) is 23.9. The summed E-state index contributed by atoms with van der Waals surface area (Å²) in [5.41, 5.74) is 6.73. The van der Waals surface area contributed by atoms with Crippen molar-refractivity contribution in [1.29, 1.82) is 0 Å². The number of rotatable bonds is 5. The van der Waals surface area contributed by atoms with Crippen LogP contribution >= 0.6 is 0 Å². The molecule has 3 rings (SSSR count). The van der Waals surface area contributed by atoms with E-state index >= 15 is 0 Å². The second-order valence-electron chi connectivity index (χ2n) is 5.43. The van der Waals surface area contributed by atoms with Gasteiger partial charge in [0.15, 0.2) is 0 Å². The normalized spacial score (nSPS) is 10.5. The van der Waals surface area contributed by atoms with Crippen molar-refractivity contribution in [2.75, 3.05) is 14.2 Å². The van der Waals surface area contributed by atoms with Gasteiger partial charge in [-0.3, -0.25) is 4.79 Å². The number of aromatic nitrogens is 2. The van der Waals surface area contributed by atoms with E-state index in [1.54, 1.807) is 18.2 Å². The van der Waals surface area contributed by atoms with Gasteiger partial charge in [0.2, 0.25) is 0 Å². The van der Waals surface area contributed by atoms with Gasteiger partial charge in [-0.15, -0.1) is 0 Å². The molecule has 0 aliphatic rings. The highest BCUT2D eigenvalue weighted by atomic mass is 16.5. The molecule has 0 saturated carbocycles. The van der Waals surface area contributed by atoms with Crippen LogP contribution in [0.4, 0.5) is 0 Å². The van der Waals surface area contributed by atoms with E-state index in [1.165, 1.54) is 43.2 Å². The molecule has 1 aromatic heterocycles. The van der Waals surface area contributed by atoms with Gasteiger partial charge in [0.05, 0.1) is 19.9 Å². The highest BCUT2D eigenvalue weighted by molar-refractivity contribution is 5.93. The van der Waals surface area contributed by atoms with E-state index in [1.807, 2.05) is 0 Å². The zero-order valence-electron chi connectivity index (χ0n) is 14.1. The Hall–Kier alpha value is -3.68. The number of phenols is 2. The van der Waals surface area contributed by atoms with Gasteiger partial charge in [-0.05, 0) is 30.3 Å². The predicted octanol–water partition coefficient (Wildman–Crippen LogP) is 2.07. The Kier molecular flexibility index (Phi) is 4.40. The molecular weight excluding hydrogens is 338 g/mol. The third-order valence-corrected chi connectivity index (χ3v) is 3.83. The van der Waals surface area contributed by atoms with E-state index < -0.39 is 5.91 Å². The molecule has 8 heteroatoms. The van der Waals surface area contributed by atoms with Crippen LogP contribution in [-0.4, -0.2) is 40.1 Å². The highest BCUT2D eigenvalue weighted by Crippen LogP contribution is 2.34. The summed E-state index contributed by atoms with van der Waals surface area (Å²) in [6, 6.07) is 10.6. The third-order valence-electron chi connectivity index (χ3n) is 3.83. The minimum atomic E-state index is -0.695. The number of nitrogens with two attached hydrogens (primary N) is 1. The zero-order valence-corrected chi connectivity index (χ0v) is 14.1. The SMILES string of the molecule is COc1ccc(-n2nc(-c3ccc(O)cc3O)cc2C(N)=O)c(OC)c1. The van der Waals surface area contributed by atoms with E-state index in [4.69, 9.17) is 15.2 Å². The van der Waals surface area contributed by atoms with Crippen LogP contribution in [0.2, 0.25) is 0 Å². The monoisotopic (exact) mass is 355 g/mol. The van der Waals surface area contributed by atoms with Crippen molar-refractivity contribution < 1.29 is 24.5 Å². The van der Waals surface area contributed by atoms with Gasteiger partial charge in [-0.2, -0.15) is 5.10 Å². The molecule has 0 bridgehead atoms. The van der Waals surface area contributed by atoms with Crippen LogP contribution in [-0.2, 0) is 0 Å². The first-order valence-electron chi connectivity index (χ1n) is 7.59. The van der Waals surface area contributed by atoms with Gasteiger partial charge in [-0.25, -0.2) is 4.68 Å². The number of benzene rings is 2. The summed E-state index contributed by atoms with van der Waals surface area (Å²) in [6.07, 6.45) is 0. The van der Waals surface area contributed by atoms with Crippen molar-refractivity contribution in [2.24, 2.45) is 5.73 Å². The Morgan fingerprint density at radius 1 is 1.08 bits per heavy atom. The summed E-state index contributed by atoms with van der Waals surface area (Å²) in [7, 11) is 3.02. The lowest BCUT2D eigenvalue weighted by molar-refractivity contribution is 0.0993. The lowest BCUT2D eigenvalue weighted by Crippen LogP contribution is -2.17. The summed E-state index contributed by atoms with van der Waals surface area (Å²) >= 11 is 0. The lowest BCUT2D eigenvalue weighted by atomic mass is 10.1. The maximum absolute atomic E-state index is 11.9. The molecule has 1 heterocycles. The van der Waals surface area contributed by atoms with Gasteiger partial charge in [0.1, 0.15) is 34.4 Å². The fourth-order valence-electron chi connectivity index (χ4n) is 2.57. The quantitative estimate of drug-likeness (QED) is 0.644. The zero-order chi connectivity index (χ0) is 18.8. The van der Waals surface area contributed by atoms with Gasteiger partial charge in [-0.1, -0.05) is 0 Å². The topological polar surface area (TPSA) is 120 Å². The first-order chi connectivity index (χ1) is 12.4. The second-order valence-corrected chi connectivity index (χ2v) is 5.43. The molecule has 134 valence electrons. The Bertz CT molecular complexity index is 981. The first-order valence-corrected chi connectivity index (χ1v) is 7.59. The smallest absolute Gasteiger partial charge is 0.267 e. The Balaban J connectivity index is 2.19. The number of hydrogen-bond acceptors (Lipinski definition) is 6. The largest absolute Gasteiger partial charge is 0.508 e. The van der Waals surface area contributed by atoms with E-state index in [9.17, 15) is 15.0 Å². The molecule has 3 aromatic rings. The number of ether oxygens (including phenoxy) is 2. The summed E-state index contributed by atoms with van der Waals surface area (Å²) in [5.74, 6) is 0.0519. The lowest BCUT2D eigenvalue weighted by Gasteiger charge is -2.12. The number of aromatic hydroxyl groups is 2. The minimum absolute atomic E-state index is 0.0855. The summed E-state index contributed by atoms with van der Waals surface area (Å²) in [6.45, 7) is 0. The molecule has 0 aliphatic heterocycles. The van der Waals surface area contributed by atoms with Crippen molar-refractivity contribution >= 4 is 5.91 Å². The maximum atomic E-state index is 11.9. The average Bonchev–Trinajstić information content (AvgIpc) is 3.06. The van der Waals surface area contributed by atoms with E-state index in [-0.39, 0.29) is 17.2 Å². The van der Waals surface area contributed by atoms with Crippen LogP contribution in [0.5, 0.6) is 23.0 Å². The van der Waals surface area contributed by atoms with E-state index in [0.29, 0.717) is 28.4 Å². The van der Waals surface area contributed by atoms with E-state index in [2.05, 4.69) is 5.10 Å². The van der Waals surface area contributed by atoms with Crippen molar-refractivity contribution in [2.45, 2.75) is 0 Å². The number of carbonyl (C=O) groups excluding carboxylic acids is 1. The van der Waals surface area contributed by atoms with E-state index in [0.717, 1.165) is 0 Å². The number of hydrogen-bond donors (Lipinski definition) is 3. The number of amides is 1. The third kappa shape index (κ3) is 3.00. The maximum Gasteiger partial charge on any atom is 0.267 e. The molecule has 0 aliphatic carbocycles. The molecule has 4 N–H and O–H groups in total. The highest BCUT2D eigenvalue weighted by Gasteiger charge is 2.20. The van der Waals surface area contributed by atoms with Gasteiger partial charge >= 0.3 is 0 Å². The van der Waals surface area contributed by atoms with Gasteiger partial charge in [0.25, 0.3) is 5.91 Å². The molecule has 0 unspecified atom stereocenters. The first kappa shape index (κ1) is 17.2. The fraction of sp³-hybridized carbons (Fsp3) is 0.111. The van der Waals surface area contributed by atoms with Crippen molar-refractivity contribution in [3.05, 3.63) is 48.2 Å². The molecule has 0 fully saturated rings. The standard InChI is InChI=1S/C18H17N3O5/c1-25-11-4-6-14(17(8-11)26-2)21-15(18(19)24)9-13(20-21)12-5-3-10(22)7-16(12)23/h3-9,22-23H,1-2H3,(H2,19,24). The molecule has 2 aromatic carbocycles. The number of carbonyl (C=O) groups is 1. The van der Waals surface area contributed by atoms with Crippen molar-refractivity contribution in [3.63, 3.8) is 0 Å². The van der Waals surface area contributed by atoms with Gasteiger partial charge < -0.3 is 25.4 Å². The number of phenolic OH excluding ortho intramolecular Hbond substituents is 2. The molecule has 0 saturated heterocycles. The van der Waals surface area contributed by atoms with Crippen LogP contribution in [0.15, 0.2) is 42.5 Å². The molecule has 1 amide bonds. The molecule has 0 radical (unpaired) electrons.